The van der Waals surface area contributed by atoms with Crippen LogP contribution in [-0.2, 0) is 32.1 Å². The van der Waals surface area contributed by atoms with Crippen LogP contribution in [0.3, 0.4) is 0 Å². The zero-order chi connectivity index (χ0) is 22.2. The maximum Gasteiger partial charge on any atom is 0.417 e. The molecule has 0 atom stereocenters. The van der Waals surface area contributed by atoms with Crippen LogP contribution in [0, 0.1) is 0 Å². The second-order valence-electron chi connectivity index (χ2n) is 7.24. The van der Waals surface area contributed by atoms with Crippen LogP contribution in [0.25, 0.3) is 0 Å². The Balaban J connectivity index is 1.55. The van der Waals surface area contributed by atoms with Crippen molar-refractivity contribution in [2.75, 3.05) is 6.54 Å². The average Bonchev–Trinajstić information content (AvgIpc) is 3.15. The van der Waals surface area contributed by atoms with E-state index in [1.807, 2.05) is 12.1 Å². The van der Waals surface area contributed by atoms with E-state index >= 15 is 0 Å². The lowest BCUT2D eigenvalue weighted by Crippen LogP contribution is -2.37. The van der Waals surface area contributed by atoms with Gasteiger partial charge in [-0.15, -0.1) is 5.10 Å². The van der Waals surface area contributed by atoms with Crippen molar-refractivity contribution in [3.8, 4) is 0 Å². The van der Waals surface area contributed by atoms with Gasteiger partial charge in [-0.05, 0) is 30.2 Å². The second kappa shape index (κ2) is 8.30. The molecular formula is C21H19ClF3N5O. The smallest absolute Gasteiger partial charge is 0.332 e. The number of amides is 1. The second-order valence-corrected chi connectivity index (χ2v) is 7.62. The Morgan fingerprint density at radius 1 is 1.23 bits per heavy atom. The number of halogens is 4. The lowest BCUT2D eigenvalue weighted by Gasteiger charge is -2.27. The zero-order valence-corrected chi connectivity index (χ0v) is 17.4. The lowest BCUT2D eigenvalue weighted by molar-refractivity contribution is -0.137. The molecule has 0 spiro atoms. The molecule has 0 fully saturated rings. The van der Waals surface area contributed by atoms with Crippen LogP contribution in [0.5, 0.6) is 0 Å². The molecule has 31 heavy (non-hydrogen) atoms. The minimum Gasteiger partial charge on any atom is -0.332 e. The van der Waals surface area contributed by atoms with Gasteiger partial charge in [0.1, 0.15) is 5.69 Å². The summed E-state index contributed by atoms with van der Waals surface area (Å²) in [6.45, 7) is 3.01. The molecule has 0 aliphatic carbocycles. The predicted molar refractivity (Wildman–Crippen MR) is 108 cm³/mol. The number of fused-ring (bicyclic) bond motifs is 1. The molecule has 6 nitrogen and oxygen atoms in total. The number of aromatic nitrogens is 4. The molecule has 162 valence electrons. The Morgan fingerprint density at radius 2 is 2.03 bits per heavy atom. The van der Waals surface area contributed by atoms with Crippen molar-refractivity contribution in [3.05, 3.63) is 75.3 Å². The lowest BCUT2D eigenvalue weighted by atomic mass is 10.1. The number of aryl methyl sites for hydroxylation is 1. The van der Waals surface area contributed by atoms with Crippen LogP contribution in [0.15, 0.2) is 36.5 Å². The number of rotatable bonds is 4. The van der Waals surface area contributed by atoms with Gasteiger partial charge in [-0.2, -0.15) is 13.2 Å². The number of hydrogen-bond donors (Lipinski definition) is 0. The van der Waals surface area contributed by atoms with Crippen LogP contribution in [0.4, 0.5) is 13.2 Å². The fourth-order valence-electron chi connectivity index (χ4n) is 3.73. The molecule has 0 N–H and O–H groups in total. The van der Waals surface area contributed by atoms with Crippen LogP contribution in [0.1, 0.15) is 45.5 Å². The Bertz CT molecular complexity index is 1130. The maximum absolute atomic E-state index is 13.1. The largest absolute Gasteiger partial charge is 0.417 e. The van der Waals surface area contributed by atoms with Crippen molar-refractivity contribution in [2.45, 2.75) is 39.0 Å². The van der Waals surface area contributed by atoms with Gasteiger partial charge in [0.05, 0.1) is 40.6 Å². The van der Waals surface area contributed by atoms with E-state index < -0.39 is 22.7 Å². The molecule has 0 saturated heterocycles. The zero-order valence-electron chi connectivity index (χ0n) is 16.7. The van der Waals surface area contributed by atoms with Crippen molar-refractivity contribution in [1.82, 2.24) is 24.9 Å². The summed E-state index contributed by atoms with van der Waals surface area (Å²) in [5.74, 6) is -0.561. The SMILES string of the molecule is CCc1cccnc1Cn1nnc2c1CCN(C(=O)c1cccc(C(F)(F)F)c1Cl)C2. The number of benzene rings is 1. The van der Waals surface area contributed by atoms with Crippen molar-refractivity contribution in [3.63, 3.8) is 0 Å². The summed E-state index contributed by atoms with van der Waals surface area (Å²) < 4.78 is 41.2. The molecule has 0 saturated carbocycles. The first kappa shape index (κ1) is 21.3. The first-order valence-electron chi connectivity index (χ1n) is 9.78. The highest BCUT2D eigenvalue weighted by Gasteiger charge is 2.36. The fraction of sp³-hybridized carbons (Fsp3) is 0.333. The van der Waals surface area contributed by atoms with E-state index in [1.54, 1.807) is 10.9 Å². The van der Waals surface area contributed by atoms with Crippen molar-refractivity contribution in [1.29, 1.82) is 0 Å². The van der Waals surface area contributed by atoms with E-state index in [2.05, 4.69) is 22.2 Å². The first-order valence-corrected chi connectivity index (χ1v) is 10.2. The Kier molecular flexibility index (Phi) is 5.70. The topological polar surface area (TPSA) is 63.9 Å². The minimum atomic E-state index is -4.63. The third-order valence-corrected chi connectivity index (χ3v) is 5.77. The van der Waals surface area contributed by atoms with E-state index in [0.29, 0.717) is 25.2 Å². The predicted octanol–water partition coefficient (Wildman–Crippen LogP) is 4.15. The molecule has 1 amide bonds. The number of carbonyl (C=O) groups excluding carboxylic acids is 1. The molecule has 1 aromatic carbocycles. The van der Waals surface area contributed by atoms with Gasteiger partial charge in [-0.1, -0.05) is 35.9 Å². The highest BCUT2D eigenvalue weighted by molar-refractivity contribution is 6.34. The number of carbonyl (C=O) groups is 1. The first-order chi connectivity index (χ1) is 14.8. The molecule has 0 unspecified atom stereocenters. The van der Waals surface area contributed by atoms with Crippen molar-refractivity contribution < 1.29 is 18.0 Å². The van der Waals surface area contributed by atoms with Crippen molar-refractivity contribution >= 4 is 17.5 Å². The molecule has 4 rings (SSSR count). The molecule has 3 heterocycles. The average molecular weight is 450 g/mol. The minimum absolute atomic E-state index is 0.156. The van der Waals surface area contributed by atoms with E-state index in [9.17, 15) is 18.0 Å². The Labute approximate surface area is 181 Å². The number of nitrogens with zero attached hydrogens (tertiary/aromatic N) is 5. The third-order valence-electron chi connectivity index (χ3n) is 5.36. The van der Waals surface area contributed by atoms with Crippen LogP contribution in [-0.4, -0.2) is 37.3 Å². The molecule has 2 aromatic heterocycles. The van der Waals surface area contributed by atoms with E-state index in [4.69, 9.17) is 11.6 Å². The molecule has 1 aliphatic rings. The molecular weight excluding hydrogens is 431 g/mol. The molecule has 10 heteroatoms. The summed E-state index contributed by atoms with van der Waals surface area (Å²) >= 11 is 5.92. The van der Waals surface area contributed by atoms with Gasteiger partial charge in [0.15, 0.2) is 0 Å². The third kappa shape index (κ3) is 4.14. The van der Waals surface area contributed by atoms with Gasteiger partial charge in [0, 0.05) is 19.2 Å². The normalized spacial score (nSPS) is 13.9. The fourth-order valence-corrected chi connectivity index (χ4v) is 4.04. The maximum atomic E-state index is 13.1. The van der Waals surface area contributed by atoms with E-state index in [1.165, 1.54) is 17.0 Å². The summed E-state index contributed by atoms with van der Waals surface area (Å²) in [4.78, 5) is 18.8. The van der Waals surface area contributed by atoms with Crippen LogP contribution < -0.4 is 0 Å². The summed E-state index contributed by atoms with van der Waals surface area (Å²) in [7, 11) is 0. The highest BCUT2D eigenvalue weighted by Crippen LogP contribution is 2.36. The van der Waals surface area contributed by atoms with E-state index in [0.717, 1.165) is 29.4 Å². The number of alkyl halides is 3. The monoisotopic (exact) mass is 449 g/mol. The highest BCUT2D eigenvalue weighted by atomic mass is 35.5. The summed E-state index contributed by atoms with van der Waals surface area (Å²) in [6, 6.07) is 7.26. The Morgan fingerprint density at radius 3 is 2.77 bits per heavy atom. The van der Waals surface area contributed by atoms with Gasteiger partial charge in [0.2, 0.25) is 0 Å². The van der Waals surface area contributed by atoms with Gasteiger partial charge >= 0.3 is 6.18 Å². The quantitative estimate of drug-likeness (QED) is 0.600. The van der Waals surface area contributed by atoms with E-state index in [-0.39, 0.29) is 12.1 Å². The Hall–Kier alpha value is -2.94. The van der Waals surface area contributed by atoms with Gasteiger partial charge < -0.3 is 4.90 Å². The molecule has 1 aliphatic heterocycles. The number of hydrogen-bond acceptors (Lipinski definition) is 4. The van der Waals surface area contributed by atoms with Crippen LogP contribution in [0.2, 0.25) is 5.02 Å². The number of pyridine rings is 1. The van der Waals surface area contributed by atoms with Gasteiger partial charge in [0.25, 0.3) is 5.91 Å². The molecule has 0 radical (unpaired) electrons. The summed E-state index contributed by atoms with van der Waals surface area (Å²) in [6.07, 6.45) is -1.57. The summed E-state index contributed by atoms with van der Waals surface area (Å²) in [5, 5.41) is 7.82. The molecule has 0 bridgehead atoms. The van der Waals surface area contributed by atoms with Gasteiger partial charge in [-0.25, -0.2) is 4.68 Å². The summed E-state index contributed by atoms with van der Waals surface area (Å²) in [5.41, 5.74) is 2.35. The molecule has 3 aromatic rings. The standard InChI is InChI=1S/C21H19ClF3N5O/c1-2-13-5-4-9-26-16(13)12-30-18-8-10-29(11-17(18)27-28-30)20(31)14-6-3-7-15(19(14)22)21(23,24)25/h3-7,9H,2,8,10-12H2,1H3. The van der Waals surface area contributed by atoms with Crippen molar-refractivity contribution in [2.24, 2.45) is 0 Å². The van der Waals surface area contributed by atoms with Gasteiger partial charge in [-0.3, -0.25) is 9.78 Å². The van der Waals surface area contributed by atoms with Crippen LogP contribution >= 0.6 is 11.6 Å².